The number of halogens is 1. The van der Waals surface area contributed by atoms with Crippen molar-refractivity contribution in [3.63, 3.8) is 0 Å². The zero-order chi connectivity index (χ0) is 24.2. The van der Waals surface area contributed by atoms with Crippen molar-refractivity contribution < 1.29 is 42.4 Å². The molecule has 1 aliphatic carbocycles. The number of quaternary nitrogens is 1. The van der Waals surface area contributed by atoms with Crippen molar-refractivity contribution in [3.05, 3.63) is 65.5 Å². The van der Waals surface area contributed by atoms with Crippen LogP contribution in [0.5, 0.6) is 0 Å². The van der Waals surface area contributed by atoms with Gasteiger partial charge in [0.05, 0.1) is 24.6 Å². The van der Waals surface area contributed by atoms with Gasteiger partial charge in [-0.25, -0.2) is 4.39 Å². The molecule has 0 atom stereocenters. The normalized spacial score (nSPS) is 18.5. The molecule has 1 radical (unpaired) electrons. The molecule has 2 fully saturated rings. The van der Waals surface area contributed by atoms with Gasteiger partial charge in [-0.2, -0.15) is 5.26 Å². The number of nitriles is 1. The molecule has 2 aliphatic heterocycles. The molecule has 3 aliphatic rings. The summed E-state index contributed by atoms with van der Waals surface area (Å²) in [6.45, 7) is 11.0. The molecule has 5 rings (SSSR count). The summed E-state index contributed by atoms with van der Waals surface area (Å²) in [5.41, 5.74) is 3.43. The van der Waals surface area contributed by atoms with Crippen molar-refractivity contribution in [2.45, 2.75) is 83.5 Å². The molecule has 3 nitrogen and oxygen atoms in total. The van der Waals surface area contributed by atoms with Crippen LogP contribution in [0.4, 0.5) is 10.1 Å². The molecule has 0 unspecified atom stereocenters. The van der Waals surface area contributed by atoms with E-state index in [-0.39, 0.29) is 38.5 Å². The van der Waals surface area contributed by atoms with Crippen LogP contribution in [0.15, 0.2) is 48.5 Å². The van der Waals surface area contributed by atoms with Crippen LogP contribution in [0.2, 0.25) is 0 Å². The Morgan fingerprint density at radius 3 is 1.97 bits per heavy atom. The molecule has 1 saturated carbocycles. The fourth-order valence-electron chi connectivity index (χ4n) is 5.39. The van der Waals surface area contributed by atoms with Gasteiger partial charge in [0.2, 0.25) is 0 Å². The first kappa shape index (κ1) is 30.8. The Balaban J connectivity index is 0.000000290. The van der Waals surface area contributed by atoms with Crippen LogP contribution >= 0.6 is 0 Å². The quantitative estimate of drug-likeness (QED) is 0.445. The van der Waals surface area contributed by atoms with E-state index in [1.165, 1.54) is 50.4 Å². The Morgan fingerprint density at radius 1 is 0.824 bits per heavy atom. The van der Waals surface area contributed by atoms with Crippen molar-refractivity contribution in [2.75, 3.05) is 25.0 Å². The molecule has 2 aromatic carbocycles. The number of nitrogens with zero attached hydrogens (tertiary/aromatic N) is 1. The number of benzene rings is 2. The summed E-state index contributed by atoms with van der Waals surface area (Å²) in [4.78, 5) is 0. The molecule has 0 bridgehead atoms. The van der Waals surface area contributed by atoms with Crippen molar-refractivity contribution in [2.24, 2.45) is 0 Å². The Bertz CT molecular complexity index is 875. The number of anilines is 1. The molecule has 1 spiro atoms. The minimum atomic E-state index is -0.597. The van der Waals surface area contributed by atoms with E-state index in [0.717, 1.165) is 25.9 Å². The Hall–Kier alpha value is -1.28. The minimum Gasteiger partial charge on any atom is -0.384 e. The first-order chi connectivity index (χ1) is 16.2. The van der Waals surface area contributed by atoms with Crippen molar-refractivity contribution in [1.82, 2.24) is 0 Å². The van der Waals surface area contributed by atoms with E-state index in [2.05, 4.69) is 41.0 Å². The molecular formula is C29H43FN3Y+. The maximum atomic E-state index is 13.6. The third-order valence-electron chi connectivity index (χ3n) is 7.08. The predicted molar refractivity (Wildman–Crippen MR) is 137 cm³/mol. The van der Waals surface area contributed by atoms with Crippen LogP contribution in [0.25, 0.3) is 0 Å². The van der Waals surface area contributed by atoms with E-state index in [1.807, 2.05) is 27.7 Å². The second-order valence-electron chi connectivity index (χ2n) is 8.78. The molecule has 0 amide bonds. The maximum Gasteiger partial charge on any atom is 0.128 e. The number of nitrogens with two attached hydrogens (primary N) is 1. The monoisotopic (exact) mass is 541 g/mol. The van der Waals surface area contributed by atoms with Crippen LogP contribution in [0, 0.1) is 17.1 Å². The van der Waals surface area contributed by atoms with Crippen molar-refractivity contribution >= 4 is 5.69 Å². The Kier molecular flexibility index (Phi) is 14.2. The number of fused-ring (bicyclic) bond motifs is 2. The number of piperidine rings is 1. The molecule has 183 valence electrons. The predicted octanol–water partition coefficient (Wildman–Crippen LogP) is 6.31. The zero-order valence-electron chi connectivity index (χ0n) is 21.7. The van der Waals surface area contributed by atoms with Gasteiger partial charge in [-0.15, -0.1) is 0 Å². The van der Waals surface area contributed by atoms with Crippen LogP contribution in [0.3, 0.4) is 0 Å². The third-order valence-corrected chi connectivity index (χ3v) is 7.08. The summed E-state index contributed by atoms with van der Waals surface area (Å²) < 4.78 is 13.6. The second-order valence-corrected chi connectivity index (χ2v) is 8.78. The Labute approximate surface area is 232 Å². The summed E-state index contributed by atoms with van der Waals surface area (Å²) in [5, 5.41) is 15.0. The van der Waals surface area contributed by atoms with Gasteiger partial charge in [0.25, 0.3) is 0 Å². The van der Waals surface area contributed by atoms with Gasteiger partial charge in [-0.3, -0.25) is 0 Å². The van der Waals surface area contributed by atoms with E-state index < -0.39 is 5.41 Å². The van der Waals surface area contributed by atoms with Gasteiger partial charge < -0.3 is 10.6 Å². The molecule has 2 heterocycles. The van der Waals surface area contributed by atoms with Gasteiger partial charge in [0, 0.05) is 68.8 Å². The average molecular weight is 542 g/mol. The zero-order valence-corrected chi connectivity index (χ0v) is 24.5. The average Bonchev–Trinajstić information content (AvgIpc) is 3.25. The maximum absolute atomic E-state index is 13.6. The summed E-state index contributed by atoms with van der Waals surface area (Å²) in [6, 6.07) is 17.8. The molecular weight excluding hydrogens is 498 g/mol. The van der Waals surface area contributed by atoms with E-state index in [4.69, 9.17) is 0 Å². The van der Waals surface area contributed by atoms with E-state index in [0.29, 0.717) is 11.0 Å². The topological polar surface area (TPSA) is 52.4 Å². The molecule has 0 aromatic heterocycles. The summed E-state index contributed by atoms with van der Waals surface area (Å²) >= 11 is 0. The number of hydrogen-bond acceptors (Lipinski definition) is 2. The first-order valence-corrected chi connectivity index (χ1v) is 13.0. The summed E-state index contributed by atoms with van der Waals surface area (Å²) in [7, 11) is 0. The molecule has 1 saturated heterocycles. The smallest absolute Gasteiger partial charge is 0.128 e. The van der Waals surface area contributed by atoms with Gasteiger partial charge in [-0.1, -0.05) is 83.4 Å². The second kappa shape index (κ2) is 15.7. The van der Waals surface area contributed by atoms with Gasteiger partial charge in [-0.05, 0) is 30.5 Å². The number of para-hydroxylation sites is 1. The van der Waals surface area contributed by atoms with Gasteiger partial charge >= 0.3 is 0 Å². The van der Waals surface area contributed by atoms with Crippen LogP contribution in [0.1, 0.15) is 83.8 Å². The van der Waals surface area contributed by atoms with E-state index in [9.17, 15) is 9.65 Å². The fraction of sp³-hybridized carbons (Fsp3) is 0.552. The largest absolute Gasteiger partial charge is 0.384 e. The molecule has 2 aromatic rings. The van der Waals surface area contributed by atoms with Crippen molar-refractivity contribution in [3.8, 4) is 6.07 Å². The summed E-state index contributed by atoms with van der Waals surface area (Å²) in [6.07, 6.45) is 8.51. The van der Waals surface area contributed by atoms with Gasteiger partial charge in [0.1, 0.15) is 5.82 Å². The molecule has 5 heteroatoms. The van der Waals surface area contributed by atoms with Crippen LogP contribution < -0.4 is 10.6 Å². The third kappa shape index (κ3) is 7.12. The minimum absolute atomic E-state index is 0. The fourth-order valence-corrected chi connectivity index (χ4v) is 5.39. The van der Waals surface area contributed by atoms with E-state index >= 15 is 0 Å². The number of nitrogens with one attached hydrogen (secondary N) is 1. The number of hydrogen-bond donors (Lipinski definition) is 2. The molecule has 3 N–H and O–H groups in total. The first-order valence-electron chi connectivity index (χ1n) is 13.0. The molecule has 34 heavy (non-hydrogen) atoms. The van der Waals surface area contributed by atoms with Gasteiger partial charge in [0.15, 0.2) is 0 Å². The van der Waals surface area contributed by atoms with E-state index in [1.54, 1.807) is 23.8 Å². The van der Waals surface area contributed by atoms with Crippen molar-refractivity contribution in [1.29, 1.82) is 5.26 Å². The number of rotatable bonds is 1. The van der Waals surface area contributed by atoms with Crippen LogP contribution in [-0.2, 0) is 43.5 Å². The Morgan fingerprint density at radius 2 is 1.38 bits per heavy atom. The van der Waals surface area contributed by atoms with Crippen LogP contribution in [-0.4, -0.2) is 19.6 Å². The summed E-state index contributed by atoms with van der Waals surface area (Å²) in [5.74, 6) is -0.249. The SMILES string of the molecule is CC.CC.N#CC1(c2ccccc2F)CC[NH2+]CC1.[Y].c1ccc2c(c1)NCC21CCCCC1. The standard InChI is InChI=1S/C13H17N.C12H13FN2.2C2H6.Y/c1-4-8-13(9-5-1)10-14-12-7-3-2-6-11(12)13;13-11-4-2-1-3-10(11)12(9-14)5-7-15-8-6-12;2*1-2;/h2-3,6-7,14H,1,4-5,8-10H2;1-4,15H,5-8H2;2*1-2H3;/p+1.